The zero-order valence-electron chi connectivity index (χ0n) is 23.2. The van der Waals surface area contributed by atoms with E-state index in [1.165, 1.54) is 0 Å². The maximum Gasteiger partial charge on any atom is 1.00 e. The minimum absolute atomic E-state index is 0. The predicted molar refractivity (Wildman–Crippen MR) is 141 cm³/mol. The summed E-state index contributed by atoms with van der Waals surface area (Å²) in [7, 11) is 1.86. The van der Waals surface area contributed by atoms with Crippen LogP contribution in [-0.2, 0) is 20.9 Å². The fourth-order valence-electron chi connectivity index (χ4n) is 3.88. The molecule has 1 aromatic carbocycles. The first kappa shape index (κ1) is 38.4. The van der Waals surface area contributed by atoms with Crippen molar-refractivity contribution >= 4 is 24.0 Å². The second-order valence-electron chi connectivity index (χ2n) is 8.69. The SMILES string of the molecule is CNC1=C(C(=O)c2ccc(C[N-]C(=O)COCCC[N-]C(=O)NCCCCCC=O)cc2)CCCC1.[HH].[Rb+].[Rb+]. The fraction of sp³-hybridized carbons (Fsp3) is 0.556. The number of allylic oxidation sites excluding steroid dienone is 2. The minimum Gasteiger partial charge on any atom is -0.648 e. The third-order valence-corrected chi connectivity index (χ3v) is 5.90. The Morgan fingerprint density at radius 3 is 2.45 bits per heavy atom. The summed E-state index contributed by atoms with van der Waals surface area (Å²) in [6.07, 6.45) is 8.38. The van der Waals surface area contributed by atoms with Gasteiger partial charge in [0, 0.05) is 38.3 Å². The molecule has 0 bridgehead atoms. The zero-order valence-corrected chi connectivity index (χ0v) is 33.1. The third kappa shape index (κ3) is 16.0. The van der Waals surface area contributed by atoms with Gasteiger partial charge in [0.2, 0.25) is 0 Å². The Morgan fingerprint density at radius 1 is 1.00 bits per heavy atom. The Labute approximate surface area is 325 Å². The van der Waals surface area contributed by atoms with Crippen molar-refractivity contribution in [1.82, 2.24) is 10.6 Å². The van der Waals surface area contributed by atoms with Crippen molar-refractivity contribution in [2.45, 2.75) is 64.3 Å². The van der Waals surface area contributed by atoms with Crippen LogP contribution >= 0.6 is 0 Å². The van der Waals surface area contributed by atoms with Crippen molar-refractivity contribution in [2.75, 3.05) is 33.4 Å². The summed E-state index contributed by atoms with van der Waals surface area (Å²) in [5.74, 6) is -0.298. The van der Waals surface area contributed by atoms with Crippen molar-refractivity contribution in [3.8, 4) is 0 Å². The average Bonchev–Trinajstić information content (AvgIpc) is 2.91. The second-order valence-corrected chi connectivity index (χ2v) is 8.69. The first-order valence-electron chi connectivity index (χ1n) is 12.8. The Bertz CT molecular complexity index is 901. The molecule has 0 atom stereocenters. The molecule has 38 heavy (non-hydrogen) atoms. The van der Waals surface area contributed by atoms with Crippen LogP contribution in [0.1, 0.15) is 75.1 Å². The van der Waals surface area contributed by atoms with E-state index in [2.05, 4.69) is 21.3 Å². The molecule has 0 aromatic heterocycles. The summed E-state index contributed by atoms with van der Waals surface area (Å²) in [5, 5.41) is 13.8. The van der Waals surface area contributed by atoms with Crippen LogP contribution in [0.2, 0.25) is 0 Å². The minimum atomic E-state index is -0.359. The fourth-order valence-corrected chi connectivity index (χ4v) is 3.88. The molecule has 1 aromatic rings. The number of rotatable bonds is 17. The molecule has 0 heterocycles. The largest absolute Gasteiger partial charge is 1.00 e. The van der Waals surface area contributed by atoms with Crippen molar-refractivity contribution in [1.29, 1.82) is 0 Å². The molecule has 1 aliphatic carbocycles. The molecule has 0 spiro atoms. The van der Waals surface area contributed by atoms with E-state index in [4.69, 9.17) is 4.74 Å². The Morgan fingerprint density at radius 2 is 1.74 bits per heavy atom. The number of ketones is 1. The summed E-state index contributed by atoms with van der Waals surface area (Å²) >= 11 is 0. The van der Waals surface area contributed by atoms with E-state index in [0.717, 1.165) is 68.1 Å². The van der Waals surface area contributed by atoms with Gasteiger partial charge in [0.25, 0.3) is 0 Å². The second kappa shape index (κ2) is 24.1. The topological polar surface area (TPSA) is 130 Å². The van der Waals surface area contributed by atoms with Crippen LogP contribution in [0.4, 0.5) is 4.79 Å². The van der Waals surface area contributed by atoms with E-state index in [9.17, 15) is 19.2 Å². The smallest absolute Gasteiger partial charge is 0.648 e. The van der Waals surface area contributed by atoms with Crippen molar-refractivity contribution in [3.63, 3.8) is 0 Å². The standard InChI is InChI=1S/C27H40N4O5.2Rb.H2/c1-28-24-10-5-4-9-23(24)26(34)22-13-11-21(12-14-22)19-31-25(33)20-36-18-8-16-30-27(35)29-15-6-2-3-7-17-32;;;/h11-14,17H,2-10,15-16,18-20H2,1H3,(H4,28,29,30,31,33,34,35);;;1H/q;2*+1;/p-2. The summed E-state index contributed by atoms with van der Waals surface area (Å²) in [6, 6.07) is 6.87. The molecule has 2 N–H and O–H groups in total. The van der Waals surface area contributed by atoms with Gasteiger partial charge >= 0.3 is 116 Å². The average molecular weight is 672 g/mol. The van der Waals surface area contributed by atoms with Gasteiger partial charge in [0.1, 0.15) is 6.29 Å². The van der Waals surface area contributed by atoms with Gasteiger partial charge in [-0.3, -0.25) is 9.59 Å². The number of nitrogens with one attached hydrogen (secondary N) is 2. The molecule has 0 fully saturated rings. The van der Waals surface area contributed by atoms with Crippen LogP contribution in [0.15, 0.2) is 35.5 Å². The van der Waals surface area contributed by atoms with E-state index in [1.807, 2.05) is 19.2 Å². The number of carbonyl (C=O) groups excluding carboxylic acids is 4. The number of hydrogen-bond donors (Lipinski definition) is 2. The molecular weight excluding hydrogens is 631 g/mol. The monoisotopic (exact) mass is 670 g/mol. The summed E-state index contributed by atoms with van der Waals surface area (Å²) in [6.45, 7) is 1.28. The summed E-state index contributed by atoms with van der Waals surface area (Å²) in [4.78, 5) is 46.6. The number of urea groups is 1. The molecular formula is C27H40N4O5Rb2. The van der Waals surface area contributed by atoms with Crippen LogP contribution < -0.4 is 127 Å². The maximum absolute atomic E-state index is 12.8. The molecule has 1 aliphatic rings. The van der Waals surface area contributed by atoms with Crippen LogP contribution in [0.5, 0.6) is 0 Å². The van der Waals surface area contributed by atoms with Crippen LogP contribution in [0.3, 0.4) is 0 Å². The first-order chi connectivity index (χ1) is 17.5. The first-order valence-corrected chi connectivity index (χ1v) is 12.8. The molecule has 0 aliphatic heterocycles. The molecule has 11 heteroatoms. The van der Waals surface area contributed by atoms with E-state index < -0.39 is 0 Å². The molecule has 3 amide bonds. The number of benzene rings is 1. The number of ether oxygens (including phenoxy) is 1. The van der Waals surface area contributed by atoms with Gasteiger partial charge in [-0.15, -0.1) is 6.54 Å². The normalized spacial score (nSPS) is 12.4. The zero-order chi connectivity index (χ0) is 26.0. The van der Waals surface area contributed by atoms with Crippen LogP contribution in [0.25, 0.3) is 10.6 Å². The number of nitrogens with zero attached hydrogens (tertiary/aromatic N) is 2. The molecule has 0 saturated carbocycles. The Kier molecular flexibility index (Phi) is 24.3. The van der Waals surface area contributed by atoms with E-state index in [1.54, 1.807) is 12.1 Å². The van der Waals surface area contributed by atoms with Gasteiger partial charge in [-0.1, -0.05) is 49.2 Å². The van der Waals surface area contributed by atoms with Gasteiger partial charge in [-0.25, -0.2) is 0 Å². The van der Waals surface area contributed by atoms with E-state index in [0.29, 0.717) is 38.1 Å². The van der Waals surface area contributed by atoms with Gasteiger partial charge in [-0.2, -0.15) is 0 Å². The summed E-state index contributed by atoms with van der Waals surface area (Å²) in [5.41, 5.74) is 3.39. The number of Topliss-reactive ketones (excluding diaryl/α,β-unsaturated/α-hetero) is 1. The number of aldehydes is 1. The summed E-state index contributed by atoms with van der Waals surface area (Å²) < 4.78 is 5.32. The van der Waals surface area contributed by atoms with Crippen molar-refractivity contribution in [3.05, 3.63) is 57.3 Å². The van der Waals surface area contributed by atoms with Crippen molar-refractivity contribution < 1.29 is 142 Å². The Hall–Kier alpha value is 0.410. The third-order valence-electron chi connectivity index (χ3n) is 5.90. The number of amides is 3. The van der Waals surface area contributed by atoms with Crippen molar-refractivity contribution in [2.24, 2.45) is 0 Å². The van der Waals surface area contributed by atoms with E-state index in [-0.39, 0.29) is 149 Å². The van der Waals surface area contributed by atoms with Crippen LogP contribution in [-0.4, -0.2) is 57.4 Å². The quantitative estimate of drug-likeness (QED) is 0.122. The number of unbranched alkanes of at least 4 members (excludes halogenated alkanes) is 3. The molecule has 0 radical (unpaired) electrons. The maximum atomic E-state index is 12.8. The van der Waals surface area contributed by atoms with E-state index >= 15 is 0 Å². The van der Waals surface area contributed by atoms with Crippen LogP contribution in [0, 0.1) is 0 Å². The predicted octanol–water partition coefficient (Wildman–Crippen LogP) is -1.18. The molecule has 2 rings (SSSR count). The molecule has 0 unspecified atom stereocenters. The van der Waals surface area contributed by atoms with Gasteiger partial charge in [0.05, 0.1) is 12.5 Å². The molecule has 0 saturated heterocycles. The number of hydrogen-bond acceptors (Lipinski definition) is 6. The number of carbonyl (C=O) groups is 4. The van der Waals surface area contributed by atoms with Gasteiger partial charge in [-0.05, 0) is 45.1 Å². The molecule has 9 nitrogen and oxygen atoms in total. The van der Waals surface area contributed by atoms with Gasteiger partial charge in [0.15, 0.2) is 11.8 Å². The molecule has 200 valence electrons. The van der Waals surface area contributed by atoms with Gasteiger partial charge < -0.3 is 35.6 Å². The Balaban J connectivity index is 0.